The molecule has 0 radical (unpaired) electrons. The number of imide groups is 1. The molecule has 2 aliphatic rings. The minimum atomic E-state index is -0.911. The van der Waals surface area contributed by atoms with Crippen LogP contribution in [0.4, 0.5) is 0 Å². The molecule has 1 saturated heterocycles. The van der Waals surface area contributed by atoms with Crippen LogP contribution in [0.2, 0.25) is 0 Å². The molecule has 1 aromatic rings. The van der Waals surface area contributed by atoms with Gasteiger partial charge in [-0.25, -0.2) is 4.79 Å². The van der Waals surface area contributed by atoms with Gasteiger partial charge >= 0.3 is 5.97 Å². The Labute approximate surface area is 165 Å². The summed E-state index contributed by atoms with van der Waals surface area (Å²) in [5, 5.41) is 13.3. The zero-order chi connectivity index (χ0) is 20.9. The van der Waals surface area contributed by atoms with Gasteiger partial charge in [0.15, 0.2) is 0 Å². The van der Waals surface area contributed by atoms with Gasteiger partial charge in [-0.3, -0.25) is 19.7 Å². The highest BCUT2D eigenvalue weighted by Crippen LogP contribution is 2.38. The van der Waals surface area contributed by atoms with Crippen molar-refractivity contribution in [2.45, 2.75) is 64.6 Å². The van der Waals surface area contributed by atoms with Gasteiger partial charge in [-0.2, -0.15) is 5.06 Å². The van der Waals surface area contributed by atoms with E-state index < -0.39 is 5.97 Å². The van der Waals surface area contributed by atoms with E-state index in [4.69, 9.17) is 4.84 Å². The molecule has 3 rings (SSSR count). The van der Waals surface area contributed by atoms with Crippen LogP contribution in [0, 0.1) is 0 Å². The van der Waals surface area contributed by atoms with E-state index in [1.54, 1.807) is 12.1 Å². The van der Waals surface area contributed by atoms with Crippen LogP contribution in [0.5, 0.6) is 0 Å². The molecule has 1 fully saturated rings. The van der Waals surface area contributed by atoms with Crippen LogP contribution in [0.3, 0.4) is 0 Å². The molecule has 0 bridgehead atoms. The molecule has 0 aliphatic carbocycles. The number of hydroxylamine groups is 2. The molecule has 0 atom stereocenters. The number of carbonyl (C=O) groups is 3. The quantitative estimate of drug-likeness (QED) is 0.770. The number of piperidine rings is 1. The summed E-state index contributed by atoms with van der Waals surface area (Å²) in [6.45, 7) is 9.00. The lowest BCUT2D eigenvalue weighted by Gasteiger charge is -2.51. The van der Waals surface area contributed by atoms with E-state index in [-0.39, 0.29) is 29.5 Å². The van der Waals surface area contributed by atoms with Crippen molar-refractivity contribution in [2.75, 3.05) is 0 Å². The number of hydrogen-bond acceptors (Lipinski definition) is 5. The van der Waals surface area contributed by atoms with Crippen LogP contribution in [0.25, 0.3) is 0 Å². The fourth-order valence-corrected chi connectivity index (χ4v) is 3.67. The Morgan fingerprint density at radius 3 is 2.07 bits per heavy atom. The number of carboxylic acids is 1. The number of aromatic carboxylic acids is 1. The summed E-state index contributed by atoms with van der Waals surface area (Å²) in [5.41, 5.74) is 0.937. The maximum atomic E-state index is 11.3. The Kier molecular flexibility index (Phi) is 6.74. The maximum absolute atomic E-state index is 11.3. The van der Waals surface area contributed by atoms with Gasteiger partial charge in [-0.1, -0.05) is 18.2 Å². The van der Waals surface area contributed by atoms with E-state index in [2.05, 4.69) is 32.8 Å². The first-order valence-electron chi connectivity index (χ1n) is 9.30. The monoisotopic (exact) mass is 388 g/mol. The van der Waals surface area contributed by atoms with Crippen LogP contribution in [0.1, 0.15) is 62.9 Å². The molecular weight excluding hydrogens is 360 g/mol. The van der Waals surface area contributed by atoms with E-state index in [0.717, 1.165) is 12.8 Å². The lowest BCUT2D eigenvalue weighted by Crippen LogP contribution is -2.58. The highest BCUT2D eigenvalue weighted by Gasteiger charge is 2.42. The number of amides is 2. The standard InChI is InChI=1S/C17H25NO3.C4H3NO2/c1-16(2)10-7-11-17(3,4)18(16)21-12-13-8-5-6-9-14(13)15(19)20;6-3-1-2-4(7)5-3/h5-6,8-9H,7,10-12H2,1-4H3,(H,19,20);1-2H,(H,5,6,7). The Morgan fingerprint density at radius 2 is 1.61 bits per heavy atom. The molecule has 0 spiro atoms. The fourth-order valence-electron chi connectivity index (χ4n) is 3.67. The topological polar surface area (TPSA) is 95.9 Å². The molecule has 0 unspecified atom stereocenters. The second-order valence-electron chi connectivity index (χ2n) is 8.20. The predicted molar refractivity (Wildman–Crippen MR) is 104 cm³/mol. The largest absolute Gasteiger partial charge is 0.478 e. The van der Waals surface area contributed by atoms with Gasteiger partial charge in [0.2, 0.25) is 0 Å². The van der Waals surface area contributed by atoms with Crippen LogP contribution >= 0.6 is 0 Å². The Hall–Kier alpha value is -2.51. The lowest BCUT2D eigenvalue weighted by molar-refractivity contribution is -0.288. The third-order valence-corrected chi connectivity index (χ3v) is 4.91. The van der Waals surface area contributed by atoms with Gasteiger partial charge in [0.05, 0.1) is 12.2 Å². The number of rotatable bonds is 4. The van der Waals surface area contributed by atoms with E-state index in [1.807, 2.05) is 17.4 Å². The first-order valence-corrected chi connectivity index (χ1v) is 9.30. The SMILES string of the molecule is CC1(C)CCCC(C)(C)N1OCc1ccccc1C(=O)O.O=C1C=CC(=O)N1. The van der Waals surface area contributed by atoms with Gasteiger partial charge in [-0.05, 0) is 58.6 Å². The first-order chi connectivity index (χ1) is 13.0. The summed E-state index contributed by atoms with van der Waals surface area (Å²) in [6, 6.07) is 7.01. The number of nitrogens with one attached hydrogen (secondary N) is 1. The van der Waals surface area contributed by atoms with Crippen molar-refractivity contribution in [1.29, 1.82) is 0 Å². The molecule has 28 heavy (non-hydrogen) atoms. The van der Waals surface area contributed by atoms with Crippen molar-refractivity contribution in [1.82, 2.24) is 10.4 Å². The number of benzene rings is 1. The summed E-state index contributed by atoms with van der Waals surface area (Å²) in [5.74, 6) is -1.57. The molecule has 0 saturated carbocycles. The summed E-state index contributed by atoms with van der Waals surface area (Å²) in [6.07, 6.45) is 5.74. The zero-order valence-electron chi connectivity index (χ0n) is 16.8. The Morgan fingerprint density at radius 1 is 1.07 bits per heavy atom. The number of carboxylic acid groups (broad SMARTS) is 1. The third kappa shape index (κ3) is 5.50. The highest BCUT2D eigenvalue weighted by atomic mass is 16.7. The van der Waals surface area contributed by atoms with Crippen LogP contribution < -0.4 is 5.32 Å². The van der Waals surface area contributed by atoms with Crippen molar-refractivity contribution in [2.24, 2.45) is 0 Å². The summed E-state index contributed by atoms with van der Waals surface area (Å²) >= 11 is 0. The molecular formula is C21H28N2O5. The van der Waals surface area contributed by atoms with E-state index >= 15 is 0 Å². The molecule has 2 heterocycles. The molecule has 2 amide bonds. The van der Waals surface area contributed by atoms with E-state index in [9.17, 15) is 19.5 Å². The van der Waals surface area contributed by atoms with Gasteiger partial charge in [0.1, 0.15) is 0 Å². The first kappa shape index (κ1) is 21.8. The second kappa shape index (κ2) is 8.67. The average molecular weight is 388 g/mol. The summed E-state index contributed by atoms with van der Waals surface area (Å²) in [4.78, 5) is 37.4. The van der Waals surface area contributed by atoms with E-state index in [1.165, 1.54) is 18.6 Å². The molecule has 2 aliphatic heterocycles. The normalized spacial score (nSPS) is 20.3. The third-order valence-electron chi connectivity index (χ3n) is 4.91. The fraction of sp³-hybridized carbons (Fsp3) is 0.476. The van der Waals surface area contributed by atoms with Crippen LogP contribution in [0.15, 0.2) is 36.4 Å². The van der Waals surface area contributed by atoms with Gasteiger partial charge < -0.3 is 5.11 Å². The number of hydrogen-bond donors (Lipinski definition) is 2. The predicted octanol–water partition coefficient (Wildman–Crippen LogP) is 3.06. The molecule has 2 N–H and O–H groups in total. The minimum Gasteiger partial charge on any atom is -0.478 e. The van der Waals surface area contributed by atoms with Crippen LogP contribution in [-0.4, -0.2) is 39.0 Å². The highest BCUT2D eigenvalue weighted by molar-refractivity contribution is 6.12. The molecule has 0 aromatic heterocycles. The van der Waals surface area contributed by atoms with Crippen molar-refractivity contribution < 1.29 is 24.3 Å². The van der Waals surface area contributed by atoms with E-state index in [0.29, 0.717) is 11.1 Å². The van der Waals surface area contributed by atoms with Crippen molar-refractivity contribution in [3.05, 3.63) is 47.5 Å². The van der Waals surface area contributed by atoms with Gasteiger partial charge in [0.25, 0.3) is 11.8 Å². The van der Waals surface area contributed by atoms with Crippen molar-refractivity contribution in [3.63, 3.8) is 0 Å². The Balaban J connectivity index is 0.000000336. The molecule has 152 valence electrons. The summed E-state index contributed by atoms with van der Waals surface area (Å²) < 4.78 is 0. The smallest absolute Gasteiger partial charge is 0.336 e. The molecule has 7 nitrogen and oxygen atoms in total. The van der Waals surface area contributed by atoms with Crippen molar-refractivity contribution >= 4 is 17.8 Å². The molecule has 7 heteroatoms. The Bertz CT molecular complexity index is 751. The lowest BCUT2D eigenvalue weighted by atomic mass is 9.82. The maximum Gasteiger partial charge on any atom is 0.336 e. The van der Waals surface area contributed by atoms with Gasteiger partial charge in [0, 0.05) is 23.2 Å². The number of carbonyl (C=O) groups excluding carboxylic acids is 2. The summed E-state index contributed by atoms with van der Waals surface area (Å²) in [7, 11) is 0. The minimum absolute atomic E-state index is 0.0417. The average Bonchev–Trinajstić information content (AvgIpc) is 2.97. The zero-order valence-corrected chi connectivity index (χ0v) is 16.8. The van der Waals surface area contributed by atoms with Gasteiger partial charge in [-0.15, -0.1) is 0 Å². The molecule has 1 aromatic carbocycles. The number of nitrogens with zero attached hydrogens (tertiary/aromatic N) is 1. The van der Waals surface area contributed by atoms with Crippen molar-refractivity contribution in [3.8, 4) is 0 Å². The second-order valence-corrected chi connectivity index (χ2v) is 8.20. The van der Waals surface area contributed by atoms with Crippen LogP contribution in [-0.2, 0) is 21.0 Å².